The molecule has 1 saturated carbocycles. The van der Waals surface area contributed by atoms with Gasteiger partial charge in [0.25, 0.3) is 5.91 Å². The first-order chi connectivity index (χ1) is 17.4. The van der Waals surface area contributed by atoms with E-state index in [4.69, 9.17) is 9.47 Å². The van der Waals surface area contributed by atoms with Crippen molar-refractivity contribution in [3.63, 3.8) is 0 Å². The van der Waals surface area contributed by atoms with Gasteiger partial charge < -0.3 is 19.5 Å². The topological polar surface area (TPSA) is 93.9 Å². The SMILES string of the molecule is COc1cc2c(cc1C1CC1C(=O)O)-c1c(c(C(=O)N(C)C(C)(C)C)nn1-c1cc(F)cc(F)c1)CO2. The van der Waals surface area contributed by atoms with Gasteiger partial charge in [-0.05, 0) is 51.0 Å². The van der Waals surface area contributed by atoms with Crippen molar-refractivity contribution in [2.75, 3.05) is 14.2 Å². The number of benzene rings is 2. The average molecular weight is 512 g/mol. The highest BCUT2D eigenvalue weighted by atomic mass is 19.1. The van der Waals surface area contributed by atoms with E-state index in [0.717, 1.165) is 18.2 Å². The monoisotopic (exact) mass is 511 g/mol. The molecule has 1 aliphatic heterocycles. The van der Waals surface area contributed by atoms with Crippen molar-refractivity contribution in [1.82, 2.24) is 14.7 Å². The number of carbonyl (C=O) groups excluding carboxylic acids is 1. The van der Waals surface area contributed by atoms with Crippen LogP contribution in [-0.4, -0.2) is 51.4 Å². The van der Waals surface area contributed by atoms with Crippen LogP contribution in [0, 0.1) is 17.6 Å². The number of aromatic nitrogens is 2. The summed E-state index contributed by atoms with van der Waals surface area (Å²) < 4.78 is 41.4. The van der Waals surface area contributed by atoms with Crippen LogP contribution in [0.15, 0.2) is 30.3 Å². The van der Waals surface area contributed by atoms with Crippen molar-refractivity contribution in [3.8, 4) is 28.4 Å². The fraction of sp³-hybridized carbons (Fsp3) is 0.370. The summed E-state index contributed by atoms with van der Waals surface area (Å²) in [6, 6.07) is 6.49. The van der Waals surface area contributed by atoms with Crippen LogP contribution in [0.25, 0.3) is 16.9 Å². The van der Waals surface area contributed by atoms with Gasteiger partial charge in [-0.2, -0.15) is 5.10 Å². The maximum atomic E-state index is 14.2. The molecule has 2 aliphatic rings. The molecule has 2 aromatic carbocycles. The van der Waals surface area contributed by atoms with E-state index < -0.39 is 29.1 Å². The zero-order valence-electron chi connectivity index (χ0n) is 21.1. The molecule has 2 atom stereocenters. The van der Waals surface area contributed by atoms with E-state index in [1.54, 1.807) is 24.1 Å². The number of nitrogens with zero attached hydrogens (tertiary/aromatic N) is 3. The highest BCUT2D eigenvalue weighted by Crippen LogP contribution is 2.54. The first-order valence-electron chi connectivity index (χ1n) is 11.8. The molecule has 0 spiro atoms. The van der Waals surface area contributed by atoms with E-state index in [2.05, 4.69) is 5.10 Å². The second kappa shape index (κ2) is 8.57. The Morgan fingerprint density at radius 2 is 1.84 bits per heavy atom. The Morgan fingerprint density at radius 3 is 2.41 bits per heavy atom. The zero-order chi connectivity index (χ0) is 26.8. The van der Waals surface area contributed by atoms with Gasteiger partial charge >= 0.3 is 5.97 Å². The van der Waals surface area contributed by atoms with Gasteiger partial charge in [-0.15, -0.1) is 0 Å². The number of methoxy groups -OCH3 is 1. The van der Waals surface area contributed by atoms with Gasteiger partial charge in [0.05, 0.1) is 24.4 Å². The second-order valence-corrected chi connectivity index (χ2v) is 10.4. The minimum atomic E-state index is -0.889. The predicted molar refractivity (Wildman–Crippen MR) is 130 cm³/mol. The third kappa shape index (κ3) is 4.20. The first kappa shape index (κ1) is 24.7. The van der Waals surface area contributed by atoms with Crippen molar-refractivity contribution in [1.29, 1.82) is 0 Å². The molecule has 2 heterocycles. The van der Waals surface area contributed by atoms with Crippen LogP contribution in [0.5, 0.6) is 11.5 Å². The molecule has 5 rings (SSSR count). The molecule has 0 saturated heterocycles. The highest BCUT2D eigenvalue weighted by molar-refractivity contribution is 5.97. The molecule has 2 unspecified atom stereocenters. The lowest BCUT2D eigenvalue weighted by Crippen LogP contribution is -2.43. The number of fused-ring (bicyclic) bond motifs is 3. The fourth-order valence-electron chi connectivity index (χ4n) is 4.66. The number of rotatable bonds is 5. The van der Waals surface area contributed by atoms with E-state index in [0.29, 0.717) is 40.3 Å². The third-order valence-corrected chi connectivity index (χ3v) is 7.05. The summed E-state index contributed by atoms with van der Waals surface area (Å²) in [5, 5.41) is 14.0. The number of aliphatic carboxylic acids is 1. The molecule has 1 aromatic heterocycles. The van der Waals surface area contributed by atoms with Crippen LogP contribution in [0.1, 0.15) is 54.7 Å². The molecular formula is C27H27F2N3O5. The number of hydrogen-bond donors (Lipinski definition) is 1. The number of carboxylic acids is 1. The molecule has 194 valence electrons. The summed E-state index contributed by atoms with van der Waals surface area (Å²) in [5.41, 5.74) is 1.84. The summed E-state index contributed by atoms with van der Waals surface area (Å²) in [4.78, 5) is 26.6. The number of amides is 1. The van der Waals surface area contributed by atoms with Crippen LogP contribution in [0.4, 0.5) is 8.78 Å². The van der Waals surface area contributed by atoms with E-state index in [9.17, 15) is 23.5 Å². The Morgan fingerprint density at radius 1 is 1.16 bits per heavy atom. The summed E-state index contributed by atoms with van der Waals surface area (Å²) in [7, 11) is 3.16. The van der Waals surface area contributed by atoms with Gasteiger partial charge in [-0.1, -0.05) is 0 Å². The largest absolute Gasteiger partial charge is 0.496 e. The maximum Gasteiger partial charge on any atom is 0.307 e. The van der Waals surface area contributed by atoms with Gasteiger partial charge in [0, 0.05) is 41.8 Å². The van der Waals surface area contributed by atoms with E-state index in [1.165, 1.54) is 11.8 Å². The molecule has 3 aromatic rings. The molecule has 1 amide bonds. The minimum absolute atomic E-state index is 0.00285. The summed E-state index contributed by atoms with van der Waals surface area (Å²) in [6.45, 7) is 5.66. The van der Waals surface area contributed by atoms with Crippen LogP contribution >= 0.6 is 0 Å². The molecule has 0 bridgehead atoms. The Hall–Kier alpha value is -3.95. The minimum Gasteiger partial charge on any atom is -0.496 e. The van der Waals surface area contributed by atoms with E-state index in [1.807, 2.05) is 20.8 Å². The van der Waals surface area contributed by atoms with E-state index >= 15 is 0 Å². The van der Waals surface area contributed by atoms with Crippen molar-refractivity contribution in [3.05, 3.63) is 58.8 Å². The summed E-state index contributed by atoms with van der Waals surface area (Å²) >= 11 is 0. The molecular weight excluding hydrogens is 484 g/mol. The summed E-state index contributed by atoms with van der Waals surface area (Å²) in [5.74, 6) is -2.69. The van der Waals surface area contributed by atoms with Crippen LogP contribution in [0.3, 0.4) is 0 Å². The average Bonchev–Trinajstić information content (AvgIpc) is 3.54. The Labute approximate surface area is 212 Å². The zero-order valence-corrected chi connectivity index (χ0v) is 21.1. The Kier molecular flexibility index (Phi) is 5.73. The molecule has 0 radical (unpaired) electrons. The smallest absolute Gasteiger partial charge is 0.307 e. The number of halogens is 2. The van der Waals surface area contributed by atoms with Gasteiger partial charge in [0.2, 0.25) is 0 Å². The number of carbonyl (C=O) groups is 2. The molecule has 8 nitrogen and oxygen atoms in total. The van der Waals surface area contributed by atoms with Crippen LogP contribution < -0.4 is 9.47 Å². The lowest BCUT2D eigenvalue weighted by atomic mass is 9.96. The highest BCUT2D eigenvalue weighted by Gasteiger charge is 2.46. The molecule has 1 fully saturated rings. The van der Waals surface area contributed by atoms with Gasteiger partial charge in [-0.25, -0.2) is 13.5 Å². The second-order valence-electron chi connectivity index (χ2n) is 10.4. The number of carboxylic acid groups (broad SMARTS) is 1. The van der Waals surface area contributed by atoms with Gasteiger partial charge in [-0.3, -0.25) is 9.59 Å². The lowest BCUT2D eigenvalue weighted by molar-refractivity contribution is -0.138. The molecule has 1 aliphatic carbocycles. The Bertz CT molecular complexity index is 1420. The van der Waals surface area contributed by atoms with Crippen LogP contribution in [0.2, 0.25) is 0 Å². The molecule has 10 heteroatoms. The lowest BCUT2D eigenvalue weighted by Gasteiger charge is -2.31. The predicted octanol–water partition coefficient (Wildman–Crippen LogP) is 4.78. The Balaban J connectivity index is 1.74. The van der Waals surface area contributed by atoms with E-state index in [-0.39, 0.29) is 29.8 Å². The van der Waals surface area contributed by atoms with Crippen molar-refractivity contribution >= 4 is 11.9 Å². The normalized spacial score (nSPS) is 17.9. The van der Waals surface area contributed by atoms with Crippen molar-refractivity contribution in [2.24, 2.45) is 5.92 Å². The van der Waals surface area contributed by atoms with Gasteiger partial charge in [0.15, 0.2) is 5.69 Å². The fourth-order valence-corrected chi connectivity index (χ4v) is 4.66. The number of ether oxygens (including phenoxy) is 2. The quantitative estimate of drug-likeness (QED) is 0.530. The number of hydrogen-bond acceptors (Lipinski definition) is 5. The standard InChI is InChI=1S/C27H27F2N3O5/c1-27(2,3)31(4)25(33)23-20-12-37-22-11-21(36-5)17(16-9-18(16)26(34)35)10-19(22)24(20)32(30-23)15-7-13(28)6-14(29)8-15/h6-8,10-11,16,18H,9,12H2,1-5H3,(H,34,35). The summed E-state index contributed by atoms with van der Waals surface area (Å²) in [6.07, 6.45) is 0.465. The molecule has 37 heavy (non-hydrogen) atoms. The van der Waals surface area contributed by atoms with Crippen molar-refractivity contribution < 1.29 is 33.0 Å². The third-order valence-electron chi connectivity index (χ3n) is 7.05. The van der Waals surface area contributed by atoms with Crippen LogP contribution in [-0.2, 0) is 11.4 Å². The van der Waals surface area contributed by atoms with Gasteiger partial charge in [0.1, 0.15) is 29.7 Å². The first-order valence-corrected chi connectivity index (χ1v) is 11.8. The van der Waals surface area contributed by atoms with Crippen molar-refractivity contribution in [2.45, 2.75) is 45.3 Å². The maximum absolute atomic E-state index is 14.2. The molecule has 1 N–H and O–H groups in total.